The van der Waals surface area contributed by atoms with Crippen LogP contribution in [0.15, 0.2) is 18.3 Å². The molecule has 4 heteroatoms. The Morgan fingerprint density at radius 1 is 1.35 bits per heavy atom. The fourth-order valence-electron chi connectivity index (χ4n) is 2.80. The van der Waals surface area contributed by atoms with Crippen molar-refractivity contribution in [3.8, 4) is 0 Å². The number of carboxylic acids is 1. The smallest absolute Gasteiger partial charge is 0.337 e. The molecule has 0 unspecified atom stereocenters. The van der Waals surface area contributed by atoms with Gasteiger partial charge in [-0.05, 0) is 36.9 Å². The molecule has 0 radical (unpaired) electrons. The van der Waals surface area contributed by atoms with Crippen LogP contribution < -0.4 is 5.32 Å². The predicted octanol–water partition coefficient (Wildman–Crippen LogP) is 3.09. The van der Waals surface area contributed by atoms with E-state index in [2.05, 4.69) is 17.2 Å². The highest BCUT2D eigenvalue weighted by Crippen LogP contribution is 2.29. The number of pyridine rings is 1. The fraction of sp³-hybridized carbons (Fsp3) is 0.625. The topological polar surface area (TPSA) is 62.2 Å². The van der Waals surface area contributed by atoms with Crippen molar-refractivity contribution in [1.82, 2.24) is 10.3 Å². The number of carbonyl (C=O) groups is 1. The molecule has 0 bridgehead atoms. The summed E-state index contributed by atoms with van der Waals surface area (Å²) in [6.07, 6.45) is 8.15. The third kappa shape index (κ3) is 4.60. The Balaban J connectivity index is 1.64. The standard InChI is InChI=1S/C16H24N2O2/c1-12-2-4-13(5-3-12)8-9-17-11-15-7-6-14(10-18-15)16(19)20/h6-7,10,12-13,17H,2-5,8-9,11H2,1H3,(H,19,20). The fourth-order valence-corrected chi connectivity index (χ4v) is 2.80. The number of aromatic nitrogens is 1. The number of rotatable bonds is 6. The van der Waals surface area contributed by atoms with Crippen molar-refractivity contribution in [3.05, 3.63) is 29.6 Å². The first-order chi connectivity index (χ1) is 9.65. The van der Waals surface area contributed by atoms with Crippen LogP contribution in [0.1, 0.15) is 55.1 Å². The van der Waals surface area contributed by atoms with Crippen molar-refractivity contribution in [2.24, 2.45) is 11.8 Å². The molecule has 1 saturated carbocycles. The Kier molecular flexibility index (Phi) is 5.53. The Labute approximate surface area is 120 Å². The van der Waals surface area contributed by atoms with Gasteiger partial charge in [-0.3, -0.25) is 4.98 Å². The lowest BCUT2D eigenvalue weighted by Crippen LogP contribution is -2.21. The van der Waals surface area contributed by atoms with Crippen molar-refractivity contribution in [2.75, 3.05) is 6.54 Å². The molecule has 1 heterocycles. The zero-order valence-electron chi connectivity index (χ0n) is 12.1. The second kappa shape index (κ2) is 7.39. The Hall–Kier alpha value is -1.42. The van der Waals surface area contributed by atoms with E-state index in [-0.39, 0.29) is 5.56 Å². The quantitative estimate of drug-likeness (QED) is 0.784. The van der Waals surface area contributed by atoms with Crippen molar-refractivity contribution in [1.29, 1.82) is 0 Å². The molecule has 0 aromatic carbocycles. The van der Waals surface area contributed by atoms with Gasteiger partial charge in [0.1, 0.15) is 0 Å². The van der Waals surface area contributed by atoms with E-state index in [1.165, 1.54) is 38.3 Å². The summed E-state index contributed by atoms with van der Waals surface area (Å²) in [5, 5.41) is 12.2. The highest BCUT2D eigenvalue weighted by molar-refractivity contribution is 5.87. The summed E-state index contributed by atoms with van der Waals surface area (Å²) >= 11 is 0. The zero-order valence-corrected chi connectivity index (χ0v) is 12.1. The lowest BCUT2D eigenvalue weighted by atomic mass is 9.81. The van der Waals surface area contributed by atoms with Gasteiger partial charge < -0.3 is 10.4 Å². The molecule has 1 fully saturated rings. The summed E-state index contributed by atoms with van der Waals surface area (Å²) in [6.45, 7) is 4.07. The maximum absolute atomic E-state index is 10.7. The molecule has 1 aliphatic carbocycles. The number of nitrogens with zero attached hydrogens (tertiary/aromatic N) is 1. The van der Waals surface area contributed by atoms with Crippen LogP contribution in [0.3, 0.4) is 0 Å². The van der Waals surface area contributed by atoms with Crippen LogP contribution in [0.25, 0.3) is 0 Å². The molecule has 0 atom stereocenters. The monoisotopic (exact) mass is 276 g/mol. The molecule has 2 N–H and O–H groups in total. The third-order valence-electron chi connectivity index (χ3n) is 4.24. The molecule has 0 aliphatic heterocycles. The first-order valence-electron chi connectivity index (χ1n) is 7.54. The molecule has 0 amide bonds. The molecular formula is C16H24N2O2. The summed E-state index contributed by atoms with van der Waals surface area (Å²) in [7, 11) is 0. The molecule has 1 aromatic heterocycles. The van der Waals surface area contributed by atoms with Gasteiger partial charge in [-0.2, -0.15) is 0 Å². The van der Waals surface area contributed by atoms with Crippen LogP contribution in [0.2, 0.25) is 0 Å². The van der Waals surface area contributed by atoms with Crippen LogP contribution in [-0.4, -0.2) is 22.6 Å². The van der Waals surface area contributed by atoms with Crippen molar-refractivity contribution >= 4 is 5.97 Å². The van der Waals surface area contributed by atoms with Gasteiger partial charge >= 0.3 is 5.97 Å². The second-order valence-corrected chi connectivity index (χ2v) is 5.93. The molecule has 110 valence electrons. The Morgan fingerprint density at radius 2 is 2.10 bits per heavy atom. The van der Waals surface area contributed by atoms with Crippen LogP contribution in [0, 0.1) is 11.8 Å². The first-order valence-corrected chi connectivity index (χ1v) is 7.54. The van der Waals surface area contributed by atoms with Crippen LogP contribution in [0.5, 0.6) is 0 Å². The summed E-state index contributed by atoms with van der Waals surface area (Å²) in [6, 6.07) is 3.38. The van der Waals surface area contributed by atoms with Gasteiger partial charge in [0.25, 0.3) is 0 Å². The van der Waals surface area contributed by atoms with E-state index >= 15 is 0 Å². The molecule has 2 rings (SSSR count). The summed E-state index contributed by atoms with van der Waals surface area (Å²) in [4.78, 5) is 14.9. The minimum atomic E-state index is -0.927. The SMILES string of the molecule is CC1CCC(CCNCc2ccc(C(=O)O)cn2)CC1. The molecular weight excluding hydrogens is 252 g/mol. The summed E-state index contributed by atoms with van der Waals surface area (Å²) < 4.78 is 0. The minimum absolute atomic E-state index is 0.241. The number of carboxylic acid groups (broad SMARTS) is 1. The van der Waals surface area contributed by atoms with Gasteiger partial charge in [0.15, 0.2) is 0 Å². The van der Waals surface area contributed by atoms with Gasteiger partial charge in [0.05, 0.1) is 11.3 Å². The van der Waals surface area contributed by atoms with Crippen LogP contribution in [-0.2, 0) is 6.54 Å². The highest BCUT2D eigenvalue weighted by Gasteiger charge is 2.17. The first kappa shape index (κ1) is 15.0. The molecule has 0 saturated heterocycles. The maximum Gasteiger partial charge on any atom is 0.337 e. The maximum atomic E-state index is 10.7. The average molecular weight is 276 g/mol. The van der Waals surface area contributed by atoms with E-state index in [1.54, 1.807) is 12.1 Å². The van der Waals surface area contributed by atoms with Crippen molar-refractivity contribution in [2.45, 2.75) is 45.6 Å². The van der Waals surface area contributed by atoms with E-state index in [9.17, 15) is 4.79 Å². The van der Waals surface area contributed by atoms with Crippen molar-refractivity contribution < 1.29 is 9.90 Å². The van der Waals surface area contributed by atoms with Crippen LogP contribution in [0.4, 0.5) is 0 Å². The number of hydrogen-bond acceptors (Lipinski definition) is 3. The lowest BCUT2D eigenvalue weighted by molar-refractivity contribution is 0.0696. The molecule has 0 spiro atoms. The Morgan fingerprint density at radius 3 is 2.70 bits per heavy atom. The predicted molar refractivity (Wildman–Crippen MR) is 78.6 cm³/mol. The number of hydrogen-bond donors (Lipinski definition) is 2. The minimum Gasteiger partial charge on any atom is -0.478 e. The van der Waals surface area contributed by atoms with Gasteiger partial charge in [0.2, 0.25) is 0 Å². The molecule has 1 aliphatic rings. The largest absolute Gasteiger partial charge is 0.478 e. The van der Waals surface area contributed by atoms with E-state index in [4.69, 9.17) is 5.11 Å². The number of aromatic carboxylic acids is 1. The highest BCUT2D eigenvalue weighted by atomic mass is 16.4. The van der Waals surface area contributed by atoms with Crippen molar-refractivity contribution in [3.63, 3.8) is 0 Å². The van der Waals surface area contributed by atoms with E-state index in [0.29, 0.717) is 6.54 Å². The Bertz CT molecular complexity index is 423. The molecule has 20 heavy (non-hydrogen) atoms. The lowest BCUT2D eigenvalue weighted by Gasteiger charge is -2.26. The van der Waals surface area contributed by atoms with E-state index in [1.807, 2.05) is 0 Å². The third-order valence-corrected chi connectivity index (χ3v) is 4.24. The van der Waals surface area contributed by atoms with Gasteiger partial charge in [-0.15, -0.1) is 0 Å². The molecule has 1 aromatic rings. The van der Waals surface area contributed by atoms with Crippen LogP contribution >= 0.6 is 0 Å². The summed E-state index contributed by atoms with van der Waals surface area (Å²) in [5.41, 5.74) is 1.14. The zero-order chi connectivity index (χ0) is 14.4. The van der Waals surface area contributed by atoms with Gasteiger partial charge in [0, 0.05) is 12.7 Å². The average Bonchev–Trinajstić information content (AvgIpc) is 2.46. The van der Waals surface area contributed by atoms with Gasteiger partial charge in [-0.1, -0.05) is 32.6 Å². The summed E-state index contributed by atoms with van der Waals surface area (Å²) in [5.74, 6) is 0.862. The van der Waals surface area contributed by atoms with E-state index < -0.39 is 5.97 Å². The molecule has 4 nitrogen and oxygen atoms in total. The second-order valence-electron chi connectivity index (χ2n) is 5.93. The number of nitrogens with one attached hydrogen (secondary N) is 1. The normalized spacial score (nSPS) is 22.6. The van der Waals surface area contributed by atoms with E-state index in [0.717, 1.165) is 24.1 Å². The van der Waals surface area contributed by atoms with Gasteiger partial charge in [-0.25, -0.2) is 4.79 Å².